The molecule has 0 fully saturated rings. The van der Waals surface area contributed by atoms with Gasteiger partial charge in [-0.25, -0.2) is 4.98 Å². The highest BCUT2D eigenvalue weighted by atomic mass is 16.3. The van der Waals surface area contributed by atoms with E-state index in [-0.39, 0.29) is 38.7 Å². The Balaban J connectivity index is 1.26. The maximum Gasteiger partial charge on any atom is 0.238 e. The Morgan fingerprint density at radius 2 is 1.02 bits per heavy atom. The van der Waals surface area contributed by atoms with Crippen molar-refractivity contribution >= 4 is 132 Å². The molecule has 0 spiro atoms. The lowest BCUT2D eigenvalue weighted by Crippen LogP contribution is -2.55. The number of hydrogen-bond acceptors (Lipinski definition) is 4. The molecule has 56 heavy (non-hydrogen) atoms. The molecule has 248 valence electrons. The molecule has 0 atom stereocenters. The molecule has 0 aliphatic heterocycles. The Morgan fingerprint density at radius 1 is 0.429 bits per heavy atom. The lowest BCUT2D eigenvalue weighted by Gasteiger charge is -2.21. The average Bonchev–Trinajstić information content (AvgIpc) is 3.90. The minimum absolute atomic E-state index is 0.104. The number of fused-ring (bicyclic) bond motifs is 10. The van der Waals surface area contributed by atoms with Gasteiger partial charge in [0.1, 0.15) is 50.4 Å². The summed E-state index contributed by atoms with van der Waals surface area (Å²) in [7, 11) is 32.3. The maximum atomic E-state index is 6.65. The second-order valence-electron chi connectivity index (χ2n) is 13.9. The highest BCUT2D eigenvalue weighted by Gasteiger charge is 2.24. The monoisotopic (exact) mass is 703 g/mol. The zero-order valence-electron chi connectivity index (χ0n) is 29.7. The van der Waals surface area contributed by atoms with E-state index in [9.17, 15) is 0 Å². The number of hydrogen-bond donors (Lipinski definition) is 0. The Kier molecular flexibility index (Phi) is 7.08. The first-order chi connectivity index (χ1) is 27.4. The van der Waals surface area contributed by atoms with Crippen molar-refractivity contribution in [2.75, 3.05) is 0 Å². The van der Waals surface area contributed by atoms with Gasteiger partial charge in [-0.05, 0) is 48.5 Å². The molecule has 0 bridgehead atoms. The van der Waals surface area contributed by atoms with E-state index in [1.165, 1.54) is 0 Å². The molecule has 10 radical (unpaired) electrons. The van der Waals surface area contributed by atoms with Gasteiger partial charge in [-0.1, -0.05) is 95.9 Å². The normalized spacial score (nSPS) is 11.9. The summed E-state index contributed by atoms with van der Waals surface area (Å²) in [6, 6.07) is 45.3. The SMILES string of the molecule is [B]c1c([B])c([B])c(-c2nc(-c3ccc4c(c3)oc3ccccc34)nc(-n3c4ccccc4c4c3ccc3c5ccccc5n(-c5ccccc5)c34)n2)c([B])c1[B]. The minimum atomic E-state index is 0.104. The molecule has 11 aromatic rings. The molecular formula is C45H22B5N5O. The summed E-state index contributed by atoms with van der Waals surface area (Å²) in [6.45, 7) is 0. The fraction of sp³-hybridized carbons (Fsp3) is 0. The highest BCUT2D eigenvalue weighted by molar-refractivity contribution is 6.68. The lowest BCUT2D eigenvalue weighted by atomic mass is 9.60. The van der Waals surface area contributed by atoms with E-state index in [0.717, 1.165) is 65.7 Å². The van der Waals surface area contributed by atoms with Crippen molar-refractivity contribution in [1.82, 2.24) is 24.1 Å². The fourth-order valence-electron chi connectivity index (χ4n) is 8.23. The molecule has 6 nitrogen and oxygen atoms in total. The van der Waals surface area contributed by atoms with Crippen molar-refractivity contribution in [3.8, 4) is 34.4 Å². The Hall–Kier alpha value is -6.73. The van der Waals surface area contributed by atoms with Gasteiger partial charge in [0.05, 0.1) is 22.1 Å². The third-order valence-electron chi connectivity index (χ3n) is 10.9. The van der Waals surface area contributed by atoms with Crippen LogP contribution in [-0.4, -0.2) is 63.3 Å². The van der Waals surface area contributed by atoms with Gasteiger partial charge in [0.15, 0.2) is 11.6 Å². The molecule has 0 aliphatic rings. The third-order valence-corrected chi connectivity index (χ3v) is 10.9. The number of furan rings is 1. The highest BCUT2D eigenvalue weighted by Crippen LogP contribution is 2.42. The molecular weight excluding hydrogens is 681 g/mol. The van der Waals surface area contributed by atoms with Crippen LogP contribution in [0.1, 0.15) is 0 Å². The van der Waals surface area contributed by atoms with E-state index >= 15 is 0 Å². The Morgan fingerprint density at radius 3 is 1.79 bits per heavy atom. The van der Waals surface area contributed by atoms with Gasteiger partial charge < -0.3 is 8.98 Å². The van der Waals surface area contributed by atoms with Crippen LogP contribution in [0.25, 0.3) is 100.0 Å². The van der Waals surface area contributed by atoms with Crippen LogP contribution in [0.2, 0.25) is 0 Å². The number of benzene rings is 7. The van der Waals surface area contributed by atoms with Crippen molar-refractivity contribution in [2.45, 2.75) is 0 Å². The lowest BCUT2D eigenvalue weighted by molar-refractivity contribution is 0.669. The second-order valence-corrected chi connectivity index (χ2v) is 13.9. The van der Waals surface area contributed by atoms with Crippen LogP contribution in [0.3, 0.4) is 0 Å². The number of aromatic nitrogens is 5. The predicted molar refractivity (Wildman–Crippen MR) is 234 cm³/mol. The quantitative estimate of drug-likeness (QED) is 0.235. The van der Waals surface area contributed by atoms with Crippen molar-refractivity contribution in [3.05, 3.63) is 133 Å². The van der Waals surface area contributed by atoms with Gasteiger partial charge in [-0.2, -0.15) is 9.97 Å². The number of rotatable bonds is 4. The number of nitrogens with zero attached hydrogens (tertiary/aromatic N) is 5. The molecule has 0 saturated carbocycles. The Bertz CT molecular complexity index is 3410. The topological polar surface area (TPSA) is 61.7 Å². The van der Waals surface area contributed by atoms with E-state index < -0.39 is 0 Å². The van der Waals surface area contributed by atoms with Crippen LogP contribution in [0.5, 0.6) is 0 Å². The smallest absolute Gasteiger partial charge is 0.238 e. The summed E-state index contributed by atoms with van der Waals surface area (Å²) in [5.41, 5.74) is 8.04. The van der Waals surface area contributed by atoms with Crippen LogP contribution in [0, 0.1) is 0 Å². The summed E-state index contributed by atoms with van der Waals surface area (Å²) >= 11 is 0. The molecule has 7 aromatic carbocycles. The van der Waals surface area contributed by atoms with Crippen LogP contribution >= 0.6 is 0 Å². The summed E-state index contributed by atoms with van der Waals surface area (Å²) < 4.78 is 10.7. The van der Waals surface area contributed by atoms with Crippen LogP contribution in [0.15, 0.2) is 138 Å². The maximum absolute atomic E-state index is 6.65. The van der Waals surface area contributed by atoms with E-state index in [0.29, 0.717) is 22.9 Å². The molecule has 4 aromatic heterocycles. The molecule has 0 aliphatic carbocycles. The van der Waals surface area contributed by atoms with Crippen LogP contribution in [-0.2, 0) is 0 Å². The molecule has 4 heterocycles. The third kappa shape index (κ3) is 4.60. The Labute approximate surface area is 327 Å². The van der Waals surface area contributed by atoms with E-state index in [2.05, 4.69) is 88.0 Å². The number of para-hydroxylation sites is 4. The van der Waals surface area contributed by atoms with Crippen molar-refractivity contribution in [1.29, 1.82) is 0 Å². The molecule has 11 rings (SSSR count). The zero-order chi connectivity index (χ0) is 37.8. The molecule has 11 heteroatoms. The van der Waals surface area contributed by atoms with Crippen molar-refractivity contribution < 1.29 is 4.42 Å². The minimum Gasteiger partial charge on any atom is -0.456 e. The van der Waals surface area contributed by atoms with Gasteiger partial charge in [-0.3, -0.25) is 4.57 Å². The van der Waals surface area contributed by atoms with Crippen LogP contribution < -0.4 is 27.3 Å². The van der Waals surface area contributed by atoms with Crippen molar-refractivity contribution in [2.24, 2.45) is 0 Å². The summed E-state index contributed by atoms with van der Waals surface area (Å²) in [6.07, 6.45) is 0. The van der Waals surface area contributed by atoms with E-state index in [4.69, 9.17) is 58.6 Å². The van der Waals surface area contributed by atoms with Crippen molar-refractivity contribution in [3.63, 3.8) is 0 Å². The molecule has 0 saturated heterocycles. The van der Waals surface area contributed by atoms with Crippen LogP contribution in [0.4, 0.5) is 0 Å². The van der Waals surface area contributed by atoms with Gasteiger partial charge in [0, 0.05) is 49.1 Å². The summed E-state index contributed by atoms with van der Waals surface area (Å²) in [4.78, 5) is 15.3. The zero-order valence-corrected chi connectivity index (χ0v) is 29.7. The first kappa shape index (κ1) is 32.7. The average molecular weight is 703 g/mol. The molecule has 0 N–H and O–H groups in total. The molecule has 0 unspecified atom stereocenters. The predicted octanol–water partition coefficient (Wildman–Crippen LogP) is 5.27. The van der Waals surface area contributed by atoms with Gasteiger partial charge >= 0.3 is 0 Å². The van der Waals surface area contributed by atoms with E-state index in [1.54, 1.807) is 0 Å². The standard InChI is InChI=1S/C45H22B5N5O/c46-37-36(38(47)40(49)41(50)39(37)48)44-51-43(23-18-19-27-26-13-6-9-17-33(26)56-34(27)22-23)52-45(53-44)55-31-16-8-5-14-29(31)35-32(55)21-20-28-25-12-4-7-15-30(25)54(42(28)35)24-10-2-1-3-11-24/h1-22H. The van der Waals surface area contributed by atoms with Gasteiger partial charge in [0.2, 0.25) is 5.95 Å². The summed E-state index contributed by atoms with van der Waals surface area (Å²) in [5.74, 6) is 0.898. The van der Waals surface area contributed by atoms with Gasteiger partial charge in [0.25, 0.3) is 0 Å². The summed E-state index contributed by atoms with van der Waals surface area (Å²) in [5, 5.41) is 6.35. The first-order valence-electron chi connectivity index (χ1n) is 18.1. The largest absolute Gasteiger partial charge is 0.456 e. The van der Waals surface area contributed by atoms with Gasteiger partial charge in [-0.15, -0.1) is 16.4 Å². The van der Waals surface area contributed by atoms with E-state index in [1.807, 2.05) is 54.6 Å². The molecule has 0 amide bonds. The first-order valence-corrected chi connectivity index (χ1v) is 18.1. The second kappa shape index (κ2) is 12.1. The fourth-order valence-corrected chi connectivity index (χ4v) is 8.23.